The fourth-order valence-electron chi connectivity index (χ4n) is 3.29. The van der Waals surface area contributed by atoms with Crippen molar-refractivity contribution in [2.75, 3.05) is 28.4 Å². The Morgan fingerprint density at radius 1 is 0.897 bits per heavy atom. The third-order valence-corrected chi connectivity index (χ3v) is 5.75. The Hall–Kier alpha value is -2.93. The highest BCUT2D eigenvalue weighted by Gasteiger charge is 2.28. The van der Waals surface area contributed by atoms with E-state index in [1.165, 1.54) is 0 Å². The van der Waals surface area contributed by atoms with Crippen molar-refractivity contribution in [3.63, 3.8) is 0 Å². The summed E-state index contributed by atoms with van der Waals surface area (Å²) in [4.78, 5) is 5.86. The zero-order valence-corrected chi connectivity index (χ0v) is 17.8. The number of nitrogens with zero attached hydrogens (tertiary/aromatic N) is 2. The van der Waals surface area contributed by atoms with Crippen molar-refractivity contribution in [2.24, 2.45) is 4.99 Å². The van der Waals surface area contributed by atoms with Crippen molar-refractivity contribution in [1.29, 1.82) is 0 Å². The highest BCUT2D eigenvalue weighted by molar-refractivity contribution is 7.07. The summed E-state index contributed by atoms with van der Waals surface area (Å²) in [6.45, 7) is 0. The average molecular weight is 413 g/mol. The minimum atomic E-state index is 0.465. The van der Waals surface area contributed by atoms with Gasteiger partial charge in [0, 0.05) is 17.0 Å². The number of hydrogen-bond donors (Lipinski definition) is 0. The van der Waals surface area contributed by atoms with E-state index >= 15 is 0 Å². The lowest BCUT2D eigenvalue weighted by Gasteiger charge is -2.15. The third kappa shape index (κ3) is 3.82. The zero-order chi connectivity index (χ0) is 20.4. The van der Waals surface area contributed by atoms with E-state index in [1.54, 1.807) is 39.8 Å². The van der Waals surface area contributed by atoms with Gasteiger partial charge in [0.05, 0.1) is 39.8 Å². The molecule has 0 N–H and O–H groups in total. The van der Waals surface area contributed by atoms with E-state index in [9.17, 15) is 0 Å². The summed E-state index contributed by atoms with van der Waals surface area (Å²) in [6.07, 6.45) is 2.31. The standard InChI is InChI=1S/C22H24N2O4S/c1-25-17-9-5-15(6-10-17)23-22-24(16-7-8-16)18(13-29-22)14-11-19(26-2)21(28-4)20(12-14)27-3/h5-6,9-13,16H,7-8H2,1-4H3. The molecule has 0 atom stereocenters. The third-order valence-electron chi connectivity index (χ3n) is 4.91. The van der Waals surface area contributed by atoms with Crippen molar-refractivity contribution in [3.8, 4) is 34.3 Å². The molecule has 1 aliphatic carbocycles. The van der Waals surface area contributed by atoms with Crippen molar-refractivity contribution < 1.29 is 18.9 Å². The molecule has 1 fully saturated rings. The average Bonchev–Trinajstić information content (AvgIpc) is 3.52. The highest BCUT2D eigenvalue weighted by atomic mass is 32.1. The second-order valence-electron chi connectivity index (χ2n) is 6.73. The van der Waals surface area contributed by atoms with Gasteiger partial charge in [-0.2, -0.15) is 0 Å². The topological polar surface area (TPSA) is 54.2 Å². The molecule has 0 amide bonds. The molecule has 2 aromatic carbocycles. The molecule has 0 saturated heterocycles. The minimum Gasteiger partial charge on any atom is -0.497 e. The molecule has 0 radical (unpaired) electrons. The Morgan fingerprint density at radius 2 is 1.55 bits per heavy atom. The van der Waals surface area contributed by atoms with Crippen LogP contribution >= 0.6 is 11.3 Å². The van der Waals surface area contributed by atoms with Crippen molar-refractivity contribution >= 4 is 17.0 Å². The summed E-state index contributed by atoms with van der Waals surface area (Å²) in [5.41, 5.74) is 3.02. The second kappa shape index (κ2) is 8.21. The smallest absolute Gasteiger partial charge is 0.203 e. The molecule has 0 spiro atoms. The number of thiazole rings is 1. The maximum atomic E-state index is 5.53. The van der Waals surface area contributed by atoms with Gasteiger partial charge in [-0.3, -0.25) is 0 Å². The van der Waals surface area contributed by atoms with Gasteiger partial charge in [-0.1, -0.05) is 0 Å². The molecular weight excluding hydrogens is 388 g/mol. The van der Waals surface area contributed by atoms with Crippen LogP contribution in [0, 0.1) is 0 Å². The monoisotopic (exact) mass is 412 g/mol. The van der Waals surface area contributed by atoms with Crippen LogP contribution in [0.25, 0.3) is 11.3 Å². The van der Waals surface area contributed by atoms with E-state index in [2.05, 4.69) is 9.95 Å². The maximum Gasteiger partial charge on any atom is 0.203 e. The summed E-state index contributed by atoms with van der Waals surface area (Å²) in [5, 5.41) is 2.14. The number of methoxy groups -OCH3 is 4. The number of rotatable bonds is 7. The van der Waals surface area contributed by atoms with Gasteiger partial charge in [0.25, 0.3) is 0 Å². The van der Waals surface area contributed by atoms with Gasteiger partial charge in [-0.15, -0.1) is 11.3 Å². The van der Waals surface area contributed by atoms with Gasteiger partial charge in [0.2, 0.25) is 5.75 Å². The first-order chi connectivity index (χ1) is 14.2. The molecule has 0 bridgehead atoms. The molecular formula is C22H24N2O4S. The highest BCUT2D eigenvalue weighted by Crippen LogP contribution is 2.43. The van der Waals surface area contributed by atoms with Crippen LogP contribution in [0.1, 0.15) is 18.9 Å². The number of ether oxygens (including phenoxy) is 4. The van der Waals surface area contributed by atoms with Crippen LogP contribution in [-0.4, -0.2) is 33.0 Å². The second-order valence-corrected chi connectivity index (χ2v) is 7.57. The lowest BCUT2D eigenvalue weighted by Crippen LogP contribution is -2.14. The molecule has 4 rings (SSSR count). The quantitative estimate of drug-likeness (QED) is 0.558. The predicted octanol–water partition coefficient (Wildman–Crippen LogP) is 4.82. The molecule has 1 aromatic heterocycles. The fourth-order valence-corrected chi connectivity index (χ4v) is 4.28. The van der Waals surface area contributed by atoms with E-state index in [0.29, 0.717) is 23.3 Å². The SMILES string of the molecule is COc1ccc(N=c2scc(-c3cc(OC)c(OC)c(OC)c3)n2C2CC2)cc1. The molecule has 152 valence electrons. The van der Waals surface area contributed by atoms with Crippen LogP contribution in [0.5, 0.6) is 23.0 Å². The molecule has 0 unspecified atom stereocenters. The van der Waals surface area contributed by atoms with Crippen LogP contribution in [0.3, 0.4) is 0 Å². The van der Waals surface area contributed by atoms with Gasteiger partial charge >= 0.3 is 0 Å². The van der Waals surface area contributed by atoms with Crippen molar-refractivity contribution in [3.05, 3.63) is 46.6 Å². The lowest BCUT2D eigenvalue weighted by atomic mass is 10.1. The first-order valence-electron chi connectivity index (χ1n) is 9.37. The van der Waals surface area contributed by atoms with Crippen molar-refractivity contribution in [1.82, 2.24) is 4.57 Å². The fraction of sp³-hybridized carbons (Fsp3) is 0.318. The normalized spacial score (nSPS) is 14.0. The van der Waals surface area contributed by atoms with Crippen LogP contribution in [0.4, 0.5) is 5.69 Å². The molecule has 3 aromatic rings. The summed E-state index contributed by atoms with van der Waals surface area (Å²) in [6, 6.07) is 12.2. The Bertz CT molecular complexity index is 1040. The van der Waals surface area contributed by atoms with Crippen LogP contribution < -0.4 is 23.7 Å². The number of aromatic nitrogens is 1. The molecule has 7 heteroatoms. The largest absolute Gasteiger partial charge is 0.497 e. The van der Waals surface area contributed by atoms with Crippen LogP contribution in [0.15, 0.2) is 46.8 Å². The van der Waals surface area contributed by atoms with Gasteiger partial charge in [0.1, 0.15) is 5.75 Å². The van der Waals surface area contributed by atoms with Crippen molar-refractivity contribution in [2.45, 2.75) is 18.9 Å². The summed E-state index contributed by atoms with van der Waals surface area (Å²) >= 11 is 1.63. The van der Waals surface area contributed by atoms with Gasteiger partial charge in [-0.25, -0.2) is 4.99 Å². The van der Waals surface area contributed by atoms with Gasteiger partial charge < -0.3 is 23.5 Å². The van der Waals surface area contributed by atoms with Gasteiger partial charge in [-0.05, 0) is 49.2 Å². The van der Waals surface area contributed by atoms with E-state index in [0.717, 1.165) is 40.3 Å². The summed E-state index contributed by atoms with van der Waals surface area (Å²) < 4.78 is 24.1. The van der Waals surface area contributed by atoms with E-state index in [-0.39, 0.29) is 0 Å². The molecule has 6 nitrogen and oxygen atoms in total. The number of benzene rings is 2. The maximum absolute atomic E-state index is 5.53. The summed E-state index contributed by atoms with van der Waals surface area (Å²) in [7, 11) is 6.54. The zero-order valence-electron chi connectivity index (χ0n) is 17.0. The Kier molecular flexibility index (Phi) is 5.49. The lowest BCUT2D eigenvalue weighted by molar-refractivity contribution is 0.324. The summed E-state index contributed by atoms with van der Waals surface area (Å²) in [5.74, 6) is 2.70. The molecule has 0 aliphatic heterocycles. The Labute approximate surface area is 174 Å². The molecule has 1 heterocycles. The van der Waals surface area contributed by atoms with Gasteiger partial charge in [0.15, 0.2) is 16.3 Å². The molecule has 29 heavy (non-hydrogen) atoms. The molecule has 1 saturated carbocycles. The Balaban J connectivity index is 1.83. The van der Waals surface area contributed by atoms with E-state index < -0.39 is 0 Å². The van der Waals surface area contributed by atoms with E-state index in [4.69, 9.17) is 23.9 Å². The van der Waals surface area contributed by atoms with Crippen LogP contribution in [-0.2, 0) is 0 Å². The minimum absolute atomic E-state index is 0.465. The number of hydrogen-bond acceptors (Lipinski definition) is 6. The first-order valence-corrected chi connectivity index (χ1v) is 10.3. The van der Waals surface area contributed by atoms with Crippen LogP contribution in [0.2, 0.25) is 0 Å². The molecule has 1 aliphatic rings. The first kappa shape index (κ1) is 19.4. The Morgan fingerprint density at radius 3 is 2.07 bits per heavy atom. The predicted molar refractivity (Wildman–Crippen MR) is 114 cm³/mol. The van der Waals surface area contributed by atoms with E-state index in [1.807, 2.05) is 36.4 Å².